The molecule has 1 N–H and O–H groups in total. The van der Waals surface area contributed by atoms with Gasteiger partial charge in [0.1, 0.15) is 24.1 Å². The third-order valence-corrected chi connectivity index (χ3v) is 5.34. The van der Waals surface area contributed by atoms with Gasteiger partial charge in [0, 0.05) is 5.69 Å². The van der Waals surface area contributed by atoms with Crippen molar-refractivity contribution in [3.05, 3.63) is 93.2 Å². The lowest BCUT2D eigenvalue weighted by atomic mass is 10.1. The zero-order valence-electron chi connectivity index (χ0n) is 18.8. The van der Waals surface area contributed by atoms with E-state index in [0.717, 1.165) is 23.8 Å². The number of alkyl halides is 3. The molecule has 0 unspecified atom stereocenters. The summed E-state index contributed by atoms with van der Waals surface area (Å²) < 4.78 is 63.9. The number of hydrogen-bond acceptors (Lipinski definition) is 4. The van der Waals surface area contributed by atoms with Crippen LogP contribution in [0.25, 0.3) is 6.08 Å². The molecule has 0 heterocycles. The van der Waals surface area contributed by atoms with Crippen LogP contribution in [0.4, 0.5) is 23.2 Å². The van der Waals surface area contributed by atoms with Crippen LogP contribution in [0.2, 0.25) is 0 Å². The molecule has 3 aromatic carbocycles. The molecule has 0 fully saturated rings. The summed E-state index contributed by atoms with van der Waals surface area (Å²) >= 11 is 3.40. The number of rotatable bonds is 8. The van der Waals surface area contributed by atoms with Crippen molar-refractivity contribution in [2.45, 2.75) is 19.7 Å². The third kappa shape index (κ3) is 7.09. The fourth-order valence-corrected chi connectivity index (χ4v) is 3.67. The summed E-state index contributed by atoms with van der Waals surface area (Å²) in [6, 6.07) is 14.8. The molecule has 1 amide bonds. The first-order valence-corrected chi connectivity index (χ1v) is 11.3. The molecular weight excluding hydrogens is 544 g/mol. The summed E-state index contributed by atoms with van der Waals surface area (Å²) in [5.74, 6) is -0.542. The molecule has 0 spiro atoms. The molecule has 10 heteroatoms. The number of ether oxygens (including phenoxy) is 2. The van der Waals surface area contributed by atoms with E-state index in [9.17, 15) is 27.6 Å². The SMILES string of the molecule is CCOc1cc(/C=C(\C#N)C(=O)Nc2cccc(C(F)(F)F)c2)cc(Br)c1OCc1ccc(F)cc1. The lowest BCUT2D eigenvalue weighted by Crippen LogP contribution is -2.14. The highest BCUT2D eigenvalue weighted by atomic mass is 79.9. The number of nitriles is 1. The summed E-state index contributed by atoms with van der Waals surface area (Å²) in [4.78, 5) is 12.6. The van der Waals surface area contributed by atoms with E-state index >= 15 is 0 Å². The molecule has 0 bridgehead atoms. The highest BCUT2D eigenvalue weighted by molar-refractivity contribution is 9.10. The second-order valence-corrected chi connectivity index (χ2v) is 8.23. The number of amides is 1. The molecular formula is C26H19BrF4N2O3. The van der Waals surface area contributed by atoms with Crippen molar-refractivity contribution in [1.82, 2.24) is 0 Å². The number of carbonyl (C=O) groups excluding carboxylic acids is 1. The van der Waals surface area contributed by atoms with E-state index in [4.69, 9.17) is 9.47 Å². The van der Waals surface area contributed by atoms with Gasteiger partial charge in [0.15, 0.2) is 11.5 Å². The average molecular weight is 563 g/mol. The van der Waals surface area contributed by atoms with Gasteiger partial charge in [-0.2, -0.15) is 18.4 Å². The third-order valence-electron chi connectivity index (χ3n) is 4.75. The Morgan fingerprint density at radius 2 is 1.83 bits per heavy atom. The topological polar surface area (TPSA) is 71.3 Å². The quantitative estimate of drug-likeness (QED) is 0.180. The van der Waals surface area contributed by atoms with E-state index in [1.54, 1.807) is 37.3 Å². The summed E-state index contributed by atoms with van der Waals surface area (Å²) in [7, 11) is 0. The molecule has 0 saturated carbocycles. The van der Waals surface area contributed by atoms with E-state index in [-0.39, 0.29) is 23.7 Å². The number of halogens is 5. The first-order chi connectivity index (χ1) is 17.1. The number of carbonyl (C=O) groups is 1. The van der Waals surface area contributed by atoms with Crippen LogP contribution in [0.5, 0.6) is 11.5 Å². The summed E-state index contributed by atoms with van der Waals surface area (Å²) in [5, 5.41) is 11.8. The van der Waals surface area contributed by atoms with Crippen LogP contribution < -0.4 is 14.8 Å². The van der Waals surface area contributed by atoms with Gasteiger partial charge < -0.3 is 14.8 Å². The number of benzene rings is 3. The number of anilines is 1. The Morgan fingerprint density at radius 3 is 2.47 bits per heavy atom. The monoisotopic (exact) mass is 562 g/mol. The lowest BCUT2D eigenvalue weighted by molar-refractivity contribution is -0.137. The Morgan fingerprint density at radius 1 is 1.11 bits per heavy atom. The van der Waals surface area contributed by atoms with E-state index in [0.29, 0.717) is 28.1 Å². The van der Waals surface area contributed by atoms with Crippen LogP contribution in [-0.2, 0) is 17.6 Å². The normalized spacial score (nSPS) is 11.5. The van der Waals surface area contributed by atoms with Gasteiger partial charge in [0.25, 0.3) is 5.91 Å². The second-order valence-electron chi connectivity index (χ2n) is 7.38. The summed E-state index contributed by atoms with van der Waals surface area (Å²) in [6.45, 7) is 2.20. The minimum absolute atomic E-state index is 0.100. The Labute approximate surface area is 213 Å². The van der Waals surface area contributed by atoms with Crippen molar-refractivity contribution in [1.29, 1.82) is 5.26 Å². The Kier molecular flexibility index (Phi) is 8.72. The van der Waals surface area contributed by atoms with Crippen molar-refractivity contribution < 1.29 is 31.8 Å². The van der Waals surface area contributed by atoms with Crippen LogP contribution in [-0.4, -0.2) is 12.5 Å². The maximum Gasteiger partial charge on any atom is 0.416 e. The van der Waals surface area contributed by atoms with Crippen molar-refractivity contribution in [3.63, 3.8) is 0 Å². The predicted octanol–water partition coefficient (Wildman–Crippen LogP) is 7.13. The zero-order valence-corrected chi connectivity index (χ0v) is 20.4. The van der Waals surface area contributed by atoms with Crippen LogP contribution in [0, 0.1) is 17.1 Å². The van der Waals surface area contributed by atoms with Gasteiger partial charge in [-0.1, -0.05) is 18.2 Å². The van der Waals surface area contributed by atoms with E-state index in [1.165, 1.54) is 24.3 Å². The van der Waals surface area contributed by atoms with Crippen LogP contribution >= 0.6 is 15.9 Å². The van der Waals surface area contributed by atoms with Gasteiger partial charge in [-0.15, -0.1) is 0 Å². The van der Waals surface area contributed by atoms with E-state index in [1.807, 2.05) is 0 Å². The van der Waals surface area contributed by atoms with Crippen molar-refractivity contribution >= 4 is 33.6 Å². The molecule has 0 radical (unpaired) electrons. The highest BCUT2D eigenvalue weighted by Crippen LogP contribution is 2.38. The summed E-state index contributed by atoms with van der Waals surface area (Å²) in [6.07, 6.45) is -3.29. The molecule has 3 aromatic rings. The number of hydrogen-bond donors (Lipinski definition) is 1. The summed E-state index contributed by atoms with van der Waals surface area (Å²) in [5.41, 5.74) is -0.217. The van der Waals surface area contributed by atoms with Gasteiger partial charge in [0.2, 0.25) is 0 Å². The highest BCUT2D eigenvalue weighted by Gasteiger charge is 2.30. The maximum atomic E-state index is 13.1. The molecule has 0 aliphatic carbocycles. The van der Waals surface area contributed by atoms with Gasteiger partial charge in [0.05, 0.1) is 16.6 Å². The first-order valence-electron chi connectivity index (χ1n) is 10.5. The largest absolute Gasteiger partial charge is 0.490 e. The fourth-order valence-electron chi connectivity index (χ4n) is 3.10. The molecule has 0 saturated heterocycles. The van der Waals surface area contributed by atoms with Crippen molar-refractivity contribution in [2.24, 2.45) is 0 Å². The lowest BCUT2D eigenvalue weighted by Gasteiger charge is -2.15. The van der Waals surface area contributed by atoms with Gasteiger partial charge >= 0.3 is 6.18 Å². The van der Waals surface area contributed by atoms with Crippen LogP contribution in [0.15, 0.2) is 70.7 Å². The molecule has 0 aliphatic rings. The number of nitrogens with zero attached hydrogens (tertiary/aromatic N) is 1. The minimum atomic E-state index is -4.57. The fraction of sp³-hybridized carbons (Fsp3) is 0.154. The smallest absolute Gasteiger partial charge is 0.416 e. The Balaban J connectivity index is 1.84. The molecule has 5 nitrogen and oxygen atoms in total. The molecule has 0 atom stereocenters. The minimum Gasteiger partial charge on any atom is -0.490 e. The van der Waals surface area contributed by atoms with Gasteiger partial charge in [-0.25, -0.2) is 4.39 Å². The maximum absolute atomic E-state index is 13.1. The zero-order chi connectivity index (χ0) is 26.3. The molecule has 36 heavy (non-hydrogen) atoms. The molecule has 0 aromatic heterocycles. The second kappa shape index (κ2) is 11.7. The Bertz CT molecular complexity index is 1320. The van der Waals surface area contributed by atoms with Crippen LogP contribution in [0.3, 0.4) is 0 Å². The van der Waals surface area contributed by atoms with Crippen molar-refractivity contribution in [3.8, 4) is 17.6 Å². The standard InChI is InChI=1S/C26H19BrF4N2O3/c1-2-35-23-12-17(11-22(27)24(23)36-15-16-6-8-20(28)9-7-16)10-18(14-32)25(34)33-21-5-3-4-19(13-21)26(29,30)31/h3-13H,2,15H2,1H3,(H,33,34)/b18-10+. The van der Waals surface area contributed by atoms with Gasteiger partial charge in [-0.05, 0) is 82.5 Å². The molecule has 186 valence electrons. The van der Waals surface area contributed by atoms with Crippen LogP contribution in [0.1, 0.15) is 23.6 Å². The average Bonchev–Trinajstić information content (AvgIpc) is 2.83. The van der Waals surface area contributed by atoms with Gasteiger partial charge in [-0.3, -0.25) is 4.79 Å². The molecule has 3 rings (SSSR count). The predicted molar refractivity (Wildman–Crippen MR) is 130 cm³/mol. The number of nitrogens with one attached hydrogen (secondary N) is 1. The van der Waals surface area contributed by atoms with E-state index in [2.05, 4.69) is 21.2 Å². The first kappa shape index (κ1) is 26.8. The van der Waals surface area contributed by atoms with E-state index < -0.39 is 17.6 Å². The molecule has 0 aliphatic heterocycles. The van der Waals surface area contributed by atoms with Crippen molar-refractivity contribution in [2.75, 3.05) is 11.9 Å². The Hall–Kier alpha value is -3.84.